The molecule has 112 valence electrons. The summed E-state index contributed by atoms with van der Waals surface area (Å²) in [5.41, 5.74) is 6.98. The predicted octanol–water partition coefficient (Wildman–Crippen LogP) is 1.39. The normalized spacial score (nSPS) is 19.1. The Morgan fingerprint density at radius 1 is 1.55 bits per heavy atom. The molecule has 5 nitrogen and oxygen atoms in total. The van der Waals surface area contributed by atoms with Crippen LogP contribution in [-0.2, 0) is 4.74 Å². The van der Waals surface area contributed by atoms with Gasteiger partial charge in [-0.2, -0.15) is 0 Å². The van der Waals surface area contributed by atoms with Crippen LogP contribution in [0.5, 0.6) is 5.75 Å². The highest BCUT2D eigenvalue weighted by Crippen LogP contribution is 2.32. The molecule has 1 aromatic carbocycles. The van der Waals surface area contributed by atoms with Crippen molar-refractivity contribution in [3.05, 3.63) is 17.9 Å². The number of nitrogen functional groups attached to an aromatic ring is 1. The van der Waals surface area contributed by atoms with Gasteiger partial charge in [0.2, 0.25) is 0 Å². The molecule has 3 N–H and O–H groups in total. The molecule has 1 heterocycles. The van der Waals surface area contributed by atoms with Gasteiger partial charge >= 0.3 is 0 Å². The smallest absolute Gasteiger partial charge is 0.167 e. The summed E-state index contributed by atoms with van der Waals surface area (Å²) in [5, 5.41) is 9.17. The number of hydrogen-bond donors (Lipinski definition) is 2. The Balaban J connectivity index is 2.21. The summed E-state index contributed by atoms with van der Waals surface area (Å²) >= 11 is 0. The fourth-order valence-electron chi connectivity index (χ4n) is 2.20. The van der Waals surface area contributed by atoms with Gasteiger partial charge in [0.25, 0.3) is 0 Å². The second kappa shape index (κ2) is 6.76. The summed E-state index contributed by atoms with van der Waals surface area (Å²) in [5.74, 6) is -0.241. The lowest BCUT2D eigenvalue weighted by Gasteiger charge is -2.34. The predicted molar refractivity (Wildman–Crippen MR) is 75.6 cm³/mol. The third-order valence-corrected chi connectivity index (χ3v) is 3.23. The van der Waals surface area contributed by atoms with Crippen molar-refractivity contribution >= 4 is 11.4 Å². The number of aliphatic hydroxyl groups is 1. The Morgan fingerprint density at radius 2 is 2.35 bits per heavy atom. The highest BCUT2D eigenvalue weighted by Gasteiger charge is 2.22. The molecule has 0 spiro atoms. The van der Waals surface area contributed by atoms with Crippen LogP contribution in [0.25, 0.3) is 0 Å². The lowest BCUT2D eigenvalue weighted by atomic mass is 10.2. The number of aliphatic hydroxyl groups excluding tert-OH is 1. The van der Waals surface area contributed by atoms with E-state index in [0.717, 1.165) is 12.1 Å². The van der Waals surface area contributed by atoms with Gasteiger partial charge in [0.1, 0.15) is 0 Å². The average molecular weight is 284 g/mol. The number of benzene rings is 1. The van der Waals surface area contributed by atoms with Gasteiger partial charge in [0, 0.05) is 25.2 Å². The second-order valence-corrected chi connectivity index (χ2v) is 4.81. The first-order valence-electron chi connectivity index (χ1n) is 6.85. The minimum absolute atomic E-state index is 0.0448. The Kier molecular flexibility index (Phi) is 5.03. The zero-order valence-electron chi connectivity index (χ0n) is 11.6. The van der Waals surface area contributed by atoms with Crippen LogP contribution in [-0.4, -0.2) is 44.1 Å². The molecule has 0 aliphatic carbocycles. The molecular formula is C14H21FN2O3. The zero-order chi connectivity index (χ0) is 14.5. The number of nitrogens with zero attached hydrogens (tertiary/aromatic N) is 1. The van der Waals surface area contributed by atoms with Crippen LogP contribution in [0, 0.1) is 5.82 Å². The van der Waals surface area contributed by atoms with Crippen molar-refractivity contribution in [1.29, 1.82) is 0 Å². The first-order valence-corrected chi connectivity index (χ1v) is 6.85. The van der Waals surface area contributed by atoms with E-state index in [-0.39, 0.29) is 18.5 Å². The van der Waals surface area contributed by atoms with E-state index in [1.54, 1.807) is 6.07 Å². The maximum atomic E-state index is 13.8. The fourth-order valence-corrected chi connectivity index (χ4v) is 2.20. The first kappa shape index (κ1) is 14.9. The van der Waals surface area contributed by atoms with Crippen LogP contribution in [0.3, 0.4) is 0 Å². The quantitative estimate of drug-likeness (QED) is 0.800. The monoisotopic (exact) mass is 284 g/mol. The van der Waals surface area contributed by atoms with E-state index in [9.17, 15) is 9.50 Å². The van der Waals surface area contributed by atoms with Crippen molar-refractivity contribution in [2.75, 3.05) is 43.5 Å². The lowest BCUT2D eigenvalue weighted by molar-refractivity contribution is 0.00359. The molecular weight excluding hydrogens is 263 g/mol. The van der Waals surface area contributed by atoms with Crippen molar-refractivity contribution in [3.8, 4) is 5.75 Å². The summed E-state index contributed by atoms with van der Waals surface area (Å²) < 4.78 is 24.6. The fraction of sp³-hybridized carbons (Fsp3) is 0.571. The largest absolute Gasteiger partial charge is 0.490 e. The molecule has 1 aliphatic heterocycles. The molecule has 1 fully saturated rings. The number of anilines is 2. The number of hydrogen-bond acceptors (Lipinski definition) is 5. The molecule has 6 heteroatoms. The minimum atomic E-state index is -0.452. The molecule has 0 saturated carbocycles. The summed E-state index contributed by atoms with van der Waals surface area (Å²) in [7, 11) is 0. The minimum Gasteiger partial charge on any atom is -0.490 e. The van der Waals surface area contributed by atoms with Gasteiger partial charge in [-0.3, -0.25) is 0 Å². The van der Waals surface area contributed by atoms with Gasteiger partial charge in [0.05, 0.1) is 37.3 Å². The van der Waals surface area contributed by atoms with Gasteiger partial charge in [-0.15, -0.1) is 0 Å². The maximum absolute atomic E-state index is 13.8. The van der Waals surface area contributed by atoms with E-state index in [1.165, 1.54) is 6.07 Å². The van der Waals surface area contributed by atoms with Gasteiger partial charge in [-0.05, 0) is 6.42 Å². The van der Waals surface area contributed by atoms with Crippen LogP contribution in [0.15, 0.2) is 12.1 Å². The molecule has 1 atom stereocenters. The van der Waals surface area contributed by atoms with Gasteiger partial charge in [0.15, 0.2) is 11.6 Å². The van der Waals surface area contributed by atoms with E-state index in [0.29, 0.717) is 32.0 Å². The molecule has 1 aliphatic rings. The van der Waals surface area contributed by atoms with E-state index in [1.807, 2.05) is 11.8 Å². The summed E-state index contributed by atoms with van der Waals surface area (Å²) in [6.07, 6.45) is 0.566. The molecule has 0 aromatic heterocycles. The topological polar surface area (TPSA) is 68.0 Å². The SMILES string of the molecule is CCCOc1cc(N2CCOC(CO)C2)c(N)cc1F. The number of morpholine rings is 1. The lowest BCUT2D eigenvalue weighted by Crippen LogP contribution is -2.44. The van der Waals surface area contributed by atoms with Crippen molar-refractivity contribution in [3.63, 3.8) is 0 Å². The standard InChI is InChI=1S/C14H21FN2O3/c1-2-4-20-14-7-13(12(16)6-11(14)15)17-3-5-19-10(8-17)9-18/h6-7,10,18H,2-5,8-9,16H2,1H3. The van der Waals surface area contributed by atoms with Crippen molar-refractivity contribution < 1.29 is 19.0 Å². The van der Waals surface area contributed by atoms with Crippen molar-refractivity contribution in [2.24, 2.45) is 0 Å². The van der Waals surface area contributed by atoms with Gasteiger partial charge in [-0.1, -0.05) is 6.92 Å². The molecule has 1 aromatic rings. The molecule has 0 radical (unpaired) electrons. The molecule has 2 rings (SSSR count). The number of rotatable bonds is 5. The van der Waals surface area contributed by atoms with E-state index in [2.05, 4.69) is 0 Å². The van der Waals surface area contributed by atoms with Crippen LogP contribution >= 0.6 is 0 Å². The Hall–Kier alpha value is -1.53. The van der Waals surface area contributed by atoms with Crippen molar-refractivity contribution in [1.82, 2.24) is 0 Å². The first-order chi connectivity index (χ1) is 9.65. The molecule has 0 bridgehead atoms. The number of halogens is 1. The Labute approximate surface area is 118 Å². The van der Waals surface area contributed by atoms with E-state index in [4.69, 9.17) is 15.2 Å². The van der Waals surface area contributed by atoms with E-state index >= 15 is 0 Å². The van der Waals surface area contributed by atoms with Crippen molar-refractivity contribution in [2.45, 2.75) is 19.4 Å². The second-order valence-electron chi connectivity index (χ2n) is 4.81. The van der Waals surface area contributed by atoms with E-state index < -0.39 is 5.82 Å². The molecule has 1 unspecified atom stereocenters. The average Bonchev–Trinajstić information content (AvgIpc) is 2.46. The highest BCUT2D eigenvalue weighted by atomic mass is 19.1. The van der Waals surface area contributed by atoms with Crippen LogP contribution in [0.4, 0.5) is 15.8 Å². The summed E-state index contributed by atoms with van der Waals surface area (Å²) in [6.45, 7) is 4.07. The number of nitrogens with two attached hydrogens (primary N) is 1. The summed E-state index contributed by atoms with van der Waals surface area (Å²) in [4.78, 5) is 1.98. The number of ether oxygens (including phenoxy) is 2. The third-order valence-electron chi connectivity index (χ3n) is 3.23. The highest BCUT2D eigenvalue weighted by molar-refractivity contribution is 5.70. The van der Waals surface area contributed by atoms with Crippen LogP contribution in [0.1, 0.15) is 13.3 Å². The third kappa shape index (κ3) is 3.32. The summed E-state index contributed by atoms with van der Waals surface area (Å²) in [6, 6.07) is 2.91. The maximum Gasteiger partial charge on any atom is 0.167 e. The molecule has 20 heavy (non-hydrogen) atoms. The Bertz CT molecular complexity index is 456. The van der Waals surface area contributed by atoms with Gasteiger partial charge in [-0.25, -0.2) is 4.39 Å². The Morgan fingerprint density at radius 3 is 3.05 bits per heavy atom. The molecule has 1 saturated heterocycles. The van der Waals surface area contributed by atoms with Gasteiger partial charge < -0.3 is 25.2 Å². The van der Waals surface area contributed by atoms with Crippen LogP contribution in [0.2, 0.25) is 0 Å². The zero-order valence-corrected chi connectivity index (χ0v) is 11.6. The molecule has 0 amide bonds. The van der Waals surface area contributed by atoms with Crippen LogP contribution < -0.4 is 15.4 Å².